The van der Waals surface area contributed by atoms with Crippen LogP contribution in [0.4, 0.5) is 5.82 Å². The predicted octanol–water partition coefficient (Wildman–Crippen LogP) is 3.07. The summed E-state index contributed by atoms with van der Waals surface area (Å²) in [5, 5.41) is 3.47. The van der Waals surface area contributed by atoms with E-state index in [1.807, 2.05) is 24.4 Å². The van der Waals surface area contributed by atoms with Gasteiger partial charge >= 0.3 is 0 Å². The molecule has 100 valence electrons. The highest BCUT2D eigenvalue weighted by atomic mass is 79.9. The summed E-state index contributed by atoms with van der Waals surface area (Å²) in [5.74, 6) is 0.853. The molecule has 0 amide bonds. The van der Waals surface area contributed by atoms with Crippen molar-refractivity contribution in [3.05, 3.63) is 28.9 Å². The Balaban J connectivity index is 1.77. The first-order valence-electron chi connectivity index (χ1n) is 6.65. The summed E-state index contributed by atoms with van der Waals surface area (Å²) in [4.78, 5) is 9.05. The number of hydrogen-bond acceptors (Lipinski definition) is 4. The van der Waals surface area contributed by atoms with Crippen LogP contribution in [0, 0.1) is 0 Å². The van der Waals surface area contributed by atoms with Crippen LogP contribution in [-0.4, -0.2) is 22.1 Å². The average molecular weight is 321 g/mol. The fraction of sp³-hybridized carbons (Fsp3) is 0.429. The largest absolute Gasteiger partial charge is 0.366 e. The number of nitrogens with two attached hydrogens (primary N) is 1. The van der Waals surface area contributed by atoms with Crippen LogP contribution in [0.3, 0.4) is 0 Å². The summed E-state index contributed by atoms with van der Waals surface area (Å²) in [7, 11) is 0. The molecule has 5 heteroatoms. The highest BCUT2D eigenvalue weighted by Gasteiger charge is 2.18. The standard InChI is InChI=1S/C14H17BrN4/c15-9-1-6-12-13(7-9)19-14(8-17-12)18-11-4-2-10(16)3-5-11/h1,6-8,10-11H,2-5,16H2,(H,18,19). The van der Waals surface area contributed by atoms with E-state index < -0.39 is 0 Å². The second kappa shape index (κ2) is 5.43. The van der Waals surface area contributed by atoms with Gasteiger partial charge in [-0.3, -0.25) is 4.98 Å². The van der Waals surface area contributed by atoms with Crippen molar-refractivity contribution in [3.63, 3.8) is 0 Å². The van der Waals surface area contributed by atoms with Gasteiger partial charge in [0.25, 0.3) is 0 Å². The summed E-state index contributed by atoms with van der Waals surface area (Å²) in [6.07, 6.45) is 6.21. The summed E-state index contributed by atoms with van der Waals surface area (Å²) in [5.41, 5.74) is 7.75. The molecule has 3 N–H and O–H groups in total. The third-order valence-corrected chi connectivity index (χ3v) is 4.12. The van der Waals surface area contributed by atoms with Crippen LogP contribution in [-0.2, 0) is 0 Å². The van der Waals surface area contributed by atoms with Crippen molar-refractivity contribution in [2.24, 2.45) is 5.73 Å². The Labute approximate surface area is 120 Å². The SMILES string of the molecule is NC1CCC(Nc2cnc3ccc(Br)cc3n2)CC1. The number of benzene rings is 1. The molecule has 19 heavy (non-hydrogen) atoms. The summed E-state index contributed by atoms with van der Waals surface area (Å²) < 4.78 is 1.02. The molecule has 3 rings (SSSR count). The molecule has 1 saturated carbocycles. The minimum atomic E-state index is 0.372. The van der Waals surface area contributed by atoms with Crippen molar-refractivity contribution in [3.8, 4) is 0 Å². The van der Waals surface area contributed by atoms with Gasteiger partial charge in [0.2, 0.25) is 0 Å². The Morgan fingerprint density at radius 2 is 1.95 bits per heavy atom. The van der Waals surface area contributed by atoms with Crippen molar-refractivity contribution in [1.82, 2.24) is 9.97 Å². The molecule has 0 radical (unpaired) electrons. The van der Waals surface area contributed by atoms with E-state index >= 15 is 0 Å². The first-order chi connectivity index (χ1) is 9.20. The number of aromatic nitrogens is 2. The minimum Gasteiger partial charge on any atom is -0.366 e. The van der Waals surface area contributed by atoms with Gasteiger partial charge in [0.15, 0.2) is 0 Å². The van der Waals surface area contributed by atoms with Crippen LogP contribution in [0.25, 0.3) is 11.0 Å². The molecule has 0 bridgehead atoms. The van der Waals surface area contributed by atoms with Gasteiger partial charge in [-0.1, -0.05) is 15.9 Å². The molecule has 0 atom stereocenters. The Hall–Kier alpha value is -1.20. The van der Waals surface area contributed by atoms with Crippen molar-refractivity contribution in [1.29, 1.82) is 0 Å². The molecule has 1 aliphatic carbocycles. The lowest BCUT2D eigenvalue weighted by atomic mass is 9.92. The van der Waals surface area contributed by atoms with Crippen molar-refractivity contribution < 1.29 is 0 Å². The number of rotatable bonds is 2. The zero-order valence-electron chi connectivity index (χ0n) is 10.6. The lowest BCUT2D eigenvalue weighted by molar-refractivity contribution is 0.410. The van der Waals surface area contributed by atoms with E-state index in [4.69, 9.17) is 5.73 Å². The predicted molar refractivity (Wildman–Crippen MR) is 81.1 cm³/mol. The smallest absolute Gasteiger partial charge is 0.145 e. The van der Waals surface area contributed by atoms with Crippen LogP contribution < -0.4 is 11.1 Å². The zero-order valence-corrected chi connectivity index (χ0v) is 12.2. The molecule has 0 spiro atoms. The second-order valence-corrected chi connectivity index (χ2v) is 6.06. The number of nitrogens with one attached hydrogen (secondary N) is 1. The third-order valence-electron chi connectivity index (χ3n) is 3.63. The molecule has 1 aromatic heterocycles. The number of nitrogens with zero attached hydrogens (tertiary/aromatic N) is 2. The lowest BCUT2D eigenvalue weighted by Gasteiger charge is -2.27. The highest BCUT2D eigenvalue weighted by Crippen LogP contribution is 2.22. The number of anilines is 1. The van der Waals surface area contributed by atoms with E-state index in [-0.39, 0.29) is 0 Å². The van der Waals surface area contributed by atoms with Gasteiger partial charge in [0.1, 0.15) is 5.82 Å². The molecule has 0 aliphatic heterocycles. The van der Waals surface area contributed by atoms with E-state index in [0.717, 1.165) is 47.0 Å². The monoisotopic (exact) mass is 320 g/mol. The minimum absolute atomic E-state index is 0.372. The van der Waals surface area contributed by atoms with Crippen LogP contribution in [0.2, 0.25) is 0 Å². The van der Waals surface area contributed by atoms with Crippen molar-refractivity contribution in [2.75, 3.05) is 5.32 Å². The maximum absolute atomic E-state index is 5.92. The maximum atomic E-state index is 5.92. The maximum Gasteiger partial charge on any atom is 0.145 e. The molecule has 0 saturated heterocycles. The topological polar surface area (TPSA) is 63.8 Å². The van der Waals surface area contributed by atoms with Gasteiger partial charge in [-0.2, -0.15) is 0 Å². The third kappa shape index (κ3) is 3.04. The van der Waals surface area contributed by atoms with Gasteiger partial charge in [0.05, 0.1) is 17.2 Å². The molecular formula is C14H17BrN4. The Bertz CT molecular complexity index is 579. The van der Waals surface area contributed by atoms with Gasteiger partial charge in [-0.25, -0.2) is 4.98 Å². The van der Waals surface area contributed by atoms with Gasteiger partial charge in [0, 0.05) is 16.6 Å². The highest BCUT2D eigenvalue weighted by molar-refractivity contribution is 9.10. The molecule has 0 unspecified atom stereocenters. The van der Waals surface area contributed by atoms with Crippen molar-refractivity contribution in [2.45, 2.75) is 37.8 Å². The van der Waals surface area contributed by atoms with Crippen LogP contribution in [0.1, 0.15) is 25.7 Å². The van der Waals surface area contributed by atoms with Gasteiger partial charge in [-0.05, 0) is 43.9 Å². The van der Waals surface area contributed by atoms with Crippen LogP contribution in [0.5, 0.6) is 0 Å². The van der Waals surface area contributed by atoms with Crippen molar-refractivity contribution >= 4 is 32.8 Å². The Morgan fingerprint density at radius 3 is 2.74 bits per heavy atom. The summed E-state index contributed by atoms with van der Waals surface area (Å²) in [6.45, 7) is 0. The Kier molecular flexibility index (Phi) is 3.66. The molecule has 1 fully saturated rings. The zero-order chi connectivity index (χ0) is 13.2. The lowest BCUT2D eigenvalue weighted by Crippen LogP contribution is -2.33. The first-order valence-corrected chi connectivity index (χ1v) is 7.44. The molecule has 2 aromatic rings. The molecular weight excluding hydrogens is 304 g/mol. The van der Waals surface area contributed by atoms with E-state index in [2.05, 4.69) is 31.2 Å². The van der Waals surface area contributed by atoms with Crippen LogP contribution >= 0.6 is 15.9 Å². The van der Waals surface area contributed by atoms with E-state index in [1.54, 1.807) is 0 Å². The quantitative estimate of drug-likeness (QED) is 0.892. The average Bonchev–Trinajstić information content (AvgIpc) is 2.41. The van der Waals surface area contributed by atoms with Crippen LogP contribution in [0.15, 0.2) is 28.9 Å². The number of halogens is 1. The number of fused-ring (bicyclic) bond motifs is 1. The van der Waals surface area contributed by atoms with E-state index in [0.29, 0.717) is 12.1 Å². The summed E-state index contributed by atoms with van der Waals surface area (Å²) in [6, 6.07) is 6.78. The first kappa shape index (κ1) is 12.8. The fourth-order valence-electron chi connectivity index (χ4n) is 2.53. The van der Waals surface area contributed by atoms with Gasteiger partial charge in [-0.15, -0.1) is 0 Å². The fourth-order valence-corrected chi connectivity index (χ4v) is 2.88. The normalized spacial score (nSPS) is 23.5. The molecule has 1 aliphatic rings. The van der Waals surface area contributed by atoms with Gasteiger partial charge < -0.3 is 11.1 Å². The second-order valence-electron chi connectivity index (χ2n) is 5.14. The van der Waals surface area contributed by atoms with E-state index in [9.17, 15) is 0 Å². The molecule has 4 nitrogen and oxygen atoms in total. The number of hydrogen-bond donors (Lipinski definition) is 2. The summed E-state index contributed by atoms with van der Waals surface area (Å²) >= 11 is 3.46. The van der Waals surface area contributed by atoms with E-state index in [1.165, 1.54) is 0 Å². The molecule has 1 aromatic carbocycles. The molecule has 1 heterocycles. The Morgan fingerprint density at radius 1 is 1.16 bits per heavy atom.